The summed E-state index contributed by atoms with van der Waals surface area (Å²) >= 11 is 0. The van der Waals surface area contributed by atoms with Gasteiger partial charge >= 0.3 is 0 Å². The molecule has 0 radical (unpaired) electrons. The van der Waals surface area contributed by atoms with Crippen LogP contribution in [0.2, 0.25) is 0 Å². The summed E-state index contributed by atoms with van der Waals surface area (Å²) in [6.45, 7) is 0.392. The summed E-state index contributed by atoms with van der Waals surface area (Å²) in [6, 6.07) is 0.520. The van der Waals surface area contributed by atoms with Gasteiger partial charge in [0.1, 0.15) is 11.2 Å². The highest BCUT2D eigenvalue weighted by Crippen LogP contribution is 2.22. The largest absolute Gasteiger partial charge is 0.377 e. The van der Waals surface area contributed by atoms with Crippen LogP contribution in [-0.2, 0) is 27.6 Å². The Balaban J connectivity index is 1.63. The van der Waals surface area contributed by atoms with Crippen LogP contribution in [0.3, 0.4) is 0 Å². The molecule has 128 valence electrons. The number of aromatic nitrogens is 3. The van der Waals surface area contributed by atoms with Gasteiger partial charge in [-0.05, 0) is 24.8 Å². The molecule has 0 saturated carbocycles. The van der Waals surface area contributed by atoms with E-state index < -0.39 is 22.1 Å². The quantitative estimate of drug-likeness (QED) is 0.798. The van der Waals surface area contributed by atoms with Crippen molar-refractivity contribution in [2.24, 2.45) is 0 Å². The number of rotatable bonds is 4. The highest BCUT2D eigenvalue weighted by molar-refractivity contribution is 7.89. The lowest BCUT2D eigenvalue weighted by atomic mass is 10.2. The molecule has 2 aliphatic rings. The average Bonchev–Trinajstić information content (AvgIpc) is 3.27. The maximum Gasteiger partial charge on any atom is 0.267 e. The van der Waals surface area contributed by atoms with Crippen molar-refractivity contribution in [2.75, 3.05) is 13.2 Å². The monoisotopic (exact) mass is 352 g/mol. The molecule has 2 unspecified atom stereocenters. The first-order chi connectivity index (χ1) is 11.5. The van der Waals surface area contributed by atoms with Crippen molar-refractivity contribution in [1.29, 1.82) is 0 Å². The van der Waals surface area contributed by atoms with E-state index in [1.54, 1.807) is 6.07 Å². The Hall–Kier alpha value is -2.04. The van der Waals surface area contributed by atoms with Crippen LogP contribution >= 0.6 is 0 Å². The SMILES string of the molecule is O=c1cc2c(nn1C1COCC1NS(=O)(=O)c1cnoc1)CCC2. The van der Waals surface area contributed by atoms with E-state index in [1.165, 1.54) is 4.68 Å². The van der Waals surface area contributed by atoms with E-state index in [0.717, 1.165) is 43.0 Å². The summed E-state index contributed by atoms with van der Waals surface area (Å²) in [5, 5.41) is 7.84. The molecule has 24 heavy (non-hydrogen) atoms. The van der Waals surface area contributed by atoms with E-state index in [4.69, 9.17) is 4.74 Å². The Bertz CT molecular complexity index is 906. The highest BCUT2D eigenvalue weighted by atomic mass is 32.2. The second kappa shape index (κ2) is 5.80. The van der Waals surface area contributed by atoms with Crippen LogP contribution in [0, 0.1) is 0 Å². The molecule has 0 amide bonds. The lowest BCUT2D eigenvalue weighted by Gasteiger charge is -2.20. The number of sulfonamides is 1. The minimum atomic E-state index is -3.80. The van der Waals surface area contributed by atoms with E-state index in [-0.39, 0.29) is 23.7 Å². The minimum absolute atomic E-state index is 0.0672. The molecule has 2 aromatic heterocycles. The Kier molecular flexibility index (Phi) is 3.74. The molecule has 2 aromatic rings. The van der Waals surface area contributed by atoms with E-state index in [9.17, 15) is 13.2 Å². The second-order valence-corrected chi connectivity index (χ2v) is 7.66. The maximum absolute atomic E-state index is 12.3. The fourth-order valence-corrected chi connectivity index (χ4v) is 4.26. The van der Waals surface area contributed by atoms with Crippen molar-refractivity contribution in [2.45, 2.75) is 36.2 Å². The fourth-order valence-electron chi connectivity index (χ4n) is 3.14. The van der Waals surface area contributed by atoms with Gasteiger partial charge in [0, 0.05) is 6.07 Å². The van der Waals surface area contributed by atoms with Gasteiger partial charge in [-0.15, -0.1) is 0 Å². The zero-order valence-corrected chi connectivity index (χ0v) is 13.5. The van der Waals surface area contributed by atoms with E-state index in [1.807, 2.05) is 0 Å². The number of hydrogen-bond donors (Lipinski definition) is 1. The molecule has 1 aliphatic heterocycles. The Labute approximate surface area is 137 Å². The van der Waals surface area contributed by atoms with Crippen LogP contribution in [0.1, 0.15) is 23.7 Å². The zero-order chi connectivity index (χ0) is 16.7. The normalized spacial score (nSPS) is 23.5. The first kappa shape index (κ1) is 15.5. The van der Waals surface area contributed by atoms with Crippen LogP contribution in [0.15, 0.2) is 32.7 Å². The molecule has 1 aliphatic carbocycles. The smallest absolute Gasteiger partial charge is 0.267 e. The first-order valence-corrected chi connectivity index (χ1v) is 9.14. The van der Waals surface area contributed by atoms with Gasteiger partial charge in [0.2, 0.25) is 10.0 Å². The maximum atomic E-state index is 12.3. The third-order valence-electron chi connectivity index (χ3n) is 4.37. The Morgan fingerprint density at radius 3 is 2.96 bits per heavy atom. The van der Waals surface area contributed by atoms with Crippen LogP contribution in [0.25, 0.3) is 0 Å². The standard InChI is InChI=1S/C14H16N4O5S/c19-14-4-9-2-1-3-11(9)16-18(14)13-8-22-7-12(13)17-24(20,21)10-5-15-23-6-10/h4-6,12-13,17H,1-3,7-8H2. The molecule has 0 aromatic carbocycles. The number of nitrogens with zero attached hydrogens (tertiary/aromatic N) is 3. The molecule has 2 atom stereocenters. The van der Waals surface area contributed by atoms with Gasteiger partial charge in [-0.2, -0.15) is 5.10 Å². The molecule has 10 heteroatoms. The summed E-state index contributed by atoms with van der Waals surface area (Å²) in [5.41, 5.74) is 1.65. The number of ether oxygens (including phenoxy) is 1. The van der Waals surface area contributed by atoms with Crippen molar-refractivity contribution in [1.82, 2.24) is 19.7 Å². The van der Waals surface area contributed by atoms with Gasteiger partial charge in [-0.3, -0.25) is 4.79 Å². The average molecular weight is 352 g/mol. The van der Waals surface area contributed by atoms with Gasteiger partial charge in [-0.1, -0.05) is 5.16 Å². The molecule has 1 saturated heterocycles. The predicted molar refractivity (Wildman–Crippen MR) is 81.0 cm³/mol. The molecule has 9 nitrogen and oxygen atoms in total. The van der Waals surface area contributed by atoms with E-state index in [0.29, 0.717) is 0 Å². The third-order valence-corrected chi connectivity index (χ3v) is 5.81. The van der Waals surface area contributed by atoms with Gasteiger partial charge in [0.05, 0.1) is 37.2 Å². The number of nitrogens with one attached hydrogen (secondary N) is 1. The van der Waals surface area contributed by atoms with Crippen molar-refractivity contribution < 1.29 is 17.7 Å². The van der Waals surface area contributed by atoms with Gasteiger partial charge in [0.25, 0.3) is 5.56 Å². The number of hydrogen-bond acceptors (Lipinski definition) is 7. The van der Waals surface area contributed by atoms with Crippen molar-refractivity contribution in [3.63, 3.8) is 0 Å². The Morgan fingerprint density at radius 1 is 1.29 bits per heavy atom. The summed E-state index contributed by atoms with van der Waals surface area (Å²) < 4.78 is 38.5. The summed E-state index contributed by atoms with van der Waals surface area (Å²) in [5.74, 6) is 0. The zero-order valence-electron chi connectivity index (χ0n) is 12.7. The topological polar surface area (TPSA) is 116 Å². The first-order valence-electron chi connectivity index (χ1n) is 7.66. The third kappa shape index (κ3) is 2.66. The van der Waals surface area contributed by atoms with Crippen LogP contribution in [-0.4, -0.2) is 42.6 Å². The number of aryl methyl sites for hydroxylation is 2. The minimum Gasteiger partial charge on any atom is -0.377 e. The summed E-state index contributed by atoms with van der Waals surface area (Å²) in [4.78, 5) is 12.3. The molecule has 0 bridgehead atoms. The van der Waals surface area contributed by atoms with Crippen LogP contribution in [0.4, 0.5) is 0 Å². The van der Waals surface area contributed by atoms with Crippen LogP contribution < -0.4 is 10.3 Å². The molecule has 1 N–H and O–H groups in total. The lowest BCUT2D eigenvalue weighted by molar-refractivity contribution is 0.181. The fraction of sp³-hybridized carbons (Fsp3) is 0.500. The van der Waals surface area contributed by atoms with Gasteiger partial charge < -0.3 is 9.26 Å². The van der Waals surface area contributed by atoms with E-state index >= 15 is 0 Å². The summed E-state index contributed by atoms with van der Waals surface area (Å²) in [7, 11) is -3.80. The predicted octanol–water partition coefficient (Wildman–Crippen LogP) is -0.362. The van der Waals surface area contributed by atoms with Crippen molar-refractivity contribution in [3.8, 4) is 0 Å². The second-order valence-electron chi connectivity index (χ2n) is 5.95. The summed E-state index contributed by atoms with van der Waals surface area (Å²) in [6.07, 6.45) is 4.85. The van der Waals surface area contributed by atoms with Crippen molar-refractivity contribution in [3.05, 3.63) is 40.1 Å². The van der Waals surface area contributed by atoms with Crippen molar-refractivity contribution >= 4 is 10.0 Å². The van der Waals surface area contributed by atoms with E-state index in [2.05, 4.69) is 19.5 Å². The van der Waals surface area contributed by atoms with Crippen LogP contribution in [0.5, 0.6) is 0 Å². The van der Waals surface area contributed by atoms with Gasteiger partial charge in [-0.25, -0.2) is 17.8 Å². The number of fused-ring (bicyclic) bond motifs is 1. The molecule has 3 heterocycles. The molecule has 4 rings (SSSR count). The lowest BCUT2D eigenvalue weighted by Crippen LogP contribution is -2.44. The molecular weight excluding hydrogens is 336 g/mol. The highest BCUT2D eigenvalue weighted by Gasteiger charge is 2.35. The molecule has 1 fully saturated rings. The van der Waals surface area contributed by atoms with Gasteiger partial charge in [0.15, 0.2) is 0 Å². The molecule has 0 spiro atoms. The Morgan fingerprint density at radius 2 is 2.17 bits per heavy atom. The molecular formula is C14H16N4O5S.